The molecule has 3 N–H and O–H groups in total. The summed E-state index contributed by atoms with van der Waals surface area (Å²) in [4.78, 5) is 4.47. The van der Waals surface area contributed by atoms with Gasteiger partial charge in [-0.05, 0) is 32.8 Å². The molecule has 1 aromatic carbocycles. The van der Waals surface area contributed by atoms with Crippen molar-refractivity contribution in [1.82, 2.24) is 15.4 Å². The quantitative estimate of drug-likeness (QED) is 0.173. The van der Waals surface area contributed by atoms with Crippen LogP contribution in [0.1, 0.15) is 38.9 Å². The molecular formula is C18H33IN4O3S. The van der Waals surface area contributed by atoms with Gasteiger partial charge >= 0.3 is 0 Å². The molecule has 0 aliphatic heterocycles. The molecular weight excluding hydrogens is 479 g/mol. The number of nitrogens with one attached hydrogen (secondary N) is 3. The van der Waals surface area contributed by atoms with Crippen LogP contribution in [0.4, 0.5) is 0 Å². The Bertz CT molecular complexity index is 627. The Balaban J connectivity index is 0.00000676. The smallest absolute Gasteiger partial charge is 0.211 e. The maximum Gasteiger partial charge on any atom is 0.211 e. The van der Waals surface area contributed by atoms with Crippen LogP contribution in [0.5, 0.6) is 0 Å². The molecule has 1 aromatic rings. The number of guanidine groups is 1. The second-order valence-electron chi connectivity index (χ2n) is 5.76. The fraction of sp³-hybridized carbons (Fsp3) is 0.611. The average molecular weight is 512 g/mol. The monoisotopic (exact) mass is 512 g/mol. The first kappa shape index (κ1) is 26.1. The molecule has 0 aliphatic rings. The fourth-order valence-electron chi connectivity index (χ4n) is 2.17. The maximum absolute atomic E-state index is 11.4. The molecule has 0 saturated carbocycles. The molecule has 0 aliphatic carbocycles. The SMILES string of the molecule is CCNC(=NCCCOC(C)c1ccccc1)NCCNS(=O)(=O)CC.I. The Hall–Kier alpha value is -0.910. The highest BCUT2D eigenvalue weighted by atomic mass is 127. The zero-order valence-electron chi connectivity index (χ0n) is 16.4. The van der Waals surface area contributed by atoms with Gasteiger partial charge in [-0.1, -0.05) is 30.3 Å². The van der Waals surface area contributed by atoms with Crippen LogP contribution in [-0.2, 0) is 14.8 Å². The van der Waals surface area contributed by atoms with E-state index >= 15 is 0 Å². The van der Waals surface area contributed by atoms with Crippen LogP contribution in [0.2, 0.25) is 0 Å². The van der Waals surface area contributed by atoms with Crippen LogP contribution >= 0.6 is 24.0 Å². The van der Waals surface area contributed by atoms with Crippen LogP contribution in [0.15, 0.2) is 35.3 Å². The predicted molar refractivity (Wildman–Crippen MR) is 122 cm³/mol. The Morgan fingerprint density at radius 2 is 1.85 bits per heavy atom. The highest BCUT2D eigenvalue weighted by Crippen LogP contribution is 2.15. The summed E-state index contributed by atoms with van der Waals surface area (Å²) in [7, 11) is -3.15. The van der Waals surface area contributed by atoms with Crippen LogP contribution in [0.3, 0.4) is 0 Å². The number of benzene rings is 1. The highest BCUT2D eigenvalue weighted by molar-refractivity contribution is 14.0. The molecule has 0 aromatic heterocycles. The number of sulfonamides is 1. The summed E-state index contributed by atoms with van der Waals surface area (Å²) in [6, 6.07) is 10.1. The lowest BCUT2D eigenvalue weighted by atomic mass is 10.1. The lowest BCUT2D eigenvalue weighted by Gasteiger charge is -2.13. The normalized spacial score (nSPS) is 12.9. The molecule has 1 atom stereocenters. The largest absolute Gasteiger partial charge is 0.374 e. The summed E-state index contributed by atoms with van der Waals surface area (Å²) in [5.41, 5.74) is 1.17. The Morgan fingerprint density at radius 1 is 1.15 bits per heavy atom. The predicted octanol–water partition coefficient (Wildman–Crippen LogP) is 2.27. The van der Waals surface area contributed by atoms with E-state index in [1.54, 1.807) is 6.92 Å². The molecule has 7 nitrogen and oxygen atoms in total. The second-order valence-corrected chi connectivity index (χ2v) is 7.86. The molecule has 0 spiro atoms. The molecule has 0 saturated heterocycles. The van der Waals surface area contributed by atoms with Crippen LogP contribution < -0.4 is 15.4 Å². The molecule has 0 fully saturated rings. The third kappa shape index (κ3) is 12.2. The third-order valence-corrected chi connectivity index (χ3v) is 5.08. The zero-order chi connectivity index (χ0) is 19.3. The van der Waals surface area contributed by atoms with Gasteiger partial charge in [-0.25, -0.2) is 13.1 Å². The minimum atomic E-state index is -3.15. The summed E-state index contributed by atoms with van der Waals surface area (Å²) >= 11 is 0. The van der Waals surface area contributed by atoms with E-state index in [0.29, 0.717) is 32.2 Å². The Morgan fingerprint density at radius 3 is 2.48 bits per heavy atom. The van der Waals surface area contributed by atoms with Crippen molar-refractivity contribution >= 4 is 40.0 Å². The molecule has 27 heavy (non-hydrogen) atoms. The van der Waals surface area contributed by atoms with Crippen molar-refractivity contribution in [1.29, 1.82) is 0 Å². The van der Waals surface area contributed by atoms with Gasteiger partial charge in [0.2, 0.25) is 10.0 Å². The van der Waals surface area contributed by atoms with E-state index in [9.17, 15) is 8.42 Å². The van der Waals surface area contributed by atoms with E-state index in [4.69, 9.17) is 4.74 Å². The molecule has 156 valence electrons. The third-order valence-electron chi connectivity index (χ3n) is 3.67. The summed E-state index contributed by atoms with van der Waals surface area (Å²) in [6.45, 7) is 8.47. The van der Waals surface area contributed by atoms with Gasteiger partial charge in [0.05, 0.1) is 11.9 Å². The van der Waals surface area contributed by atoms with Gasteiger partial charge in [-0.3, -0.25) is 4.99 Å². The van der Waals surface area contributed by atoms with Gasteiger partial charge in [0.15, 0.2) is 5.96 Å². The lowest BCUT2D eigenvalue weighted by molar-refractivity contribution is 0.0652. The molecule has 9 heteroatoms. The first-order valence-corrected chi connectivity index (χ1v) is 10.8. The van der Waals surface area contributed by atoms with Crippen molar-refractivity contribution in [3.8, 4) is 0 Å². The van der Waals surface area contributed by atoms with Crippen molar-refractivity contribution in [2.45, 2.75) is 33.3 Å². The van der Waals surface area contributed by atoms with Gasteiger partial charge in [0.25, 0.3) is 0 Å². The van der Waals surface area contributed by atoms with Crippen LogP contribution in [-0.4, -0.2) is 52.9 Å². The topological polar surface area (TPSA) is 91.8 Å². The van der Waals surface area contributed by atoms with Gasteiger partial charge in [0.1, 0.15) is 0 Å². The number of halogens is 1. The minimum absolute atomic E-state index is 0. The molecule has 0 heterocycles. The molecule has 0 radical (unpaired) electrons. The van der Waals surface area contributed by atoms with Gasteiger partial charge < -0.3 is 15.4 Å². The number of aliphatic imine (C=N–C) groups is 1. The van der Waals surface area contributed by atoms with E-state index < -0.39 is 10.0 Å². The number of hydrogen-bond donors (Lipinski definition) is 3. The first-order valence-electron chi connectivity index (χ1n) is 9.14. The maximum atomic E-state index is 11.4. The fourth-order valence-corrected chi connectivity index (χ4v) is 2.78. The summed E-state index contributed by atoms with van der Waals surface area (Å²) in [6.07, 6.45) is 0.883. The van der Waals surface area contributed by atoms with E-state index in [2.05, 4.69) is 32.5 Å². The van der Waals surface area contributed by atoms with Crippen LogP contribution in [0.25, 0.3) is 0 Å². The van der Waals surface area contributed by atoms with E-state index in [0.717, 1.165) is 13.0 Å². The van der Waals surface area contributed by atoms with Crippen LogP contribution in [0, 0.1) is 0 Å². The van der Waals surface area contributed by atoms with E-state index in [-0.39, 0.29) is 35.8 Å². The Labute approximate surface area is 180 Å². The first-order chi connectivity index (χ1) is 12.5. The number of nitrogens with zero attached hydrogens (tertiary/aromatic N) is 1. The molecule has 0 bridgehead atoms. The van der Waals surface area contributed by atoms with Crippen molar-refractivity contribution in [2.75, 3.05) is 38.5 Å². The zero-order valence-corrected chi connectivity index (χ0v) is 19.5. The lowest BCUT2D eigenvalue weighted by Crippen LogP contribution is -2.41. The summed E-state index contributed by atoms with van der Waals surface area (Å²) < 4.78 is 31.1. The highest BCUT2D eigenvalue weighted by Gasteiger charge is 2.06. The summed E-state index contributed by atoms with van der Waals surface area (Å²) in [5, 5.41) is 6.25. The van der Waals surface area contributed by atoms with Gasteiger partial charge in [-0.2, -0.15) is 0 Å². The summed E-state index contributed by atoms with van der Waals surface area (Å²) in [5.74, 6) is 0.766. The number of ether oxygens (including phenoxy) is 1. The molecule has 1 rings (SSSR count). The van der Waals surface area contributed by atoms with E-state index in [1.165, 1.54) is 5.56 Å². The minimum Gasteiger partial charge on any atom is -0.374 e. The second kappa shape index (κ2) is 15.1. The number of rotatable bonds is 12. The molecule has 0 amide bonds. The standard InChI is InChI=1S/C18H32N4O3S.HI/c1-4-19-18(21-13-14-22-26(23,24)5-2)20-12-9-15-25-16(3)17-10-7-6-8-11-17;/h6-8,10-11,16,22H,4-5,9,12-15H2,1-3H3,(H2,19,20,21);1H. The average Bonchev–Trinajstić information content (AvgIpc) is 2.65. The number of hydrogen-bond acceptors (Lipinski definition) is 4. The van der Waals surface area contributed by atoms with Crippen molar-refractivity contribution in [2.24, 2.45) is 4.99 Å². The van der Waals surface area contributed by atoms with Crippen molar-refractivity contribution in [3.63, 3.8) is 0 Å². The van der Waals surface area contributed by atoms with Gasteiger partial charge in [-0.15, -0.1) is 24.0 Å². The van der Waals surface area contributed by atoms with E-state index in [1.807, 2.05) is 32.0 Å². The van der Waals surface area contributed by atoms with Crippen molar-refractivity contribution < 1.29 is 13.2 Å². The molecule has 1 unspecified atom stereocenters. The Kier molecular flexibility index (Phi) is 14.6. The van der Waals surface area contributed by atoms with Gasteiger partial charge in [0, 0.05) is 32.8 Å². The van der Waals surface area contributed by atoms with Crippen molar-refractivity contribution in [3.05, 3.63) is 35.9 Å².